The van der Waals surface area contributed by atoms with Gasteiger partial charge >= 0.3 is 0 Å². The predicted molar refractivity (Wildman–Crippen MR) is 101 cm³/mol. The van der Waals surface area contributed by atoms with Gasteiger partial charge in [-0.1, -0.05) is 11.6 Å². The minimum atomic E-state index is -3.04. The van der Waals surface area contributed by atoms with Crippen molar-refractivity contribution in [1.82, 2.24) is 4.90 Å². The van der Waals surface area contributed by atoms with Gasteiger partial charge in [-0.25, -0.2) is 8.42 Å². The first-order valence-electron chi connectivity index (χ1n) is 8.35. The van der Waals surface area contributed by atoms with Crippen molar-refractivity contribution in [3.63, 3.8) is 0 Å². The molecule has 1 fully saturated rings. The normalized spacial score (nSPS) is 19.0. The first kappa shape index (κ1) is 18.9. The predicted octanol–water partition coefficient (Wildman–Crippen LogP) is 2.87. The number of amides is 1. The molecule has 1 N–H and O–H groups in total. The lowest BCUT2D eigenvalue weighted by Gasteiger charge is -2.26. The summed E-state index contributed by atoms with van der Waals surface area (Å²) >= 11 is 5.94. The molecule has 0 spiro atoms. The van der Waals surface area contributed by atoms with E-state index < -0.39 is 9.84 Å². The number of nitrogens with zero attached hydrogens (tertiary/aromatic N) is 1. The monoisotopic (exact) mass is 396 g/mol. The van der Waals surface area contributed by atoms with Crippen molar-refractivity contribution in [2.24, 2.45) is 0 Å². The van der Waals surface area contributed by atoms with Gasteiger partial charge in [-0.05, 0) is 49.2 Å². The topological polar surface area (TPSA) is 79.6 Å². The number of anilines is 1. The molecule has 1 aromatic carbocycles. The number of carbonyl (C=O) groups excluding carboxylic acids is 1. The summed E-state index contributed by atoms with van der Waals surface area (Å²) in [7, 11) is -3.04. The Labute approximate surface area is 158 Å². The van der Waals surface area contributed by atoms with Crippen LogP contribution in [0.5, 0.6) is 0 Å². The Morgan fingerprint density at radius 2 is 2.19 bits per heavy atom. The summed E-state index contributed by atoms with van der Waals surface area (Å²) in [6, 6.07) is 8.65. The highest BCUT2D eigenvalue weighted by atomic mass is 35.5. The number of halogens is 1. The number of sulfone groups is 1. The van der Waals surface area contributed by atoms with E-state index in [4.69, 9.17) is 16.0 Å². The highest BCUT2D eigenvalue weighted by molar-refractivity contribution is 7.91. The molecule has 1 aliphatic rings. The van der Waals surface area contributed by atoms with E-state index in [1.54, 1.807) is 30.5 Å². The summed E-state index contributed by atoms with van der Waals surface area (Å²) in [6.45, 7) is 2.34. The van der Waals surface area contributed by atoms with Gasteiger partial charge < -0.3 is 9.73 Å². The quantitative estimate of drug-likeness (QED) is 0.812. The van der Waals surface area contributed by atoms with Crippen molar-refractivity contribution in [2.45, 2.75) is 25.9 Å². The average Bonchev–Trinajstić information content (AvgIpc) is 3.19. The second kappa shape index (κ2) is 7.82. The molecule has 1 saturated heterocycles. The van der Waals surface area contributed by atoms with Gasteiger partial charge in [-0.15, -0.1) is 0 Å². The van der Waals surface area contributed by atoms with Crippen LogP contribution in [0.4, 0.5) is 5.69 Å². The molecule has 26 heavy (non-hydrogen) atoms. The zero-order valence-corrected chi connectivity index (χ0v) is 16.0. The van der Waals surface area contributed by atoms with Crippen LogP contribution in [0.15, 0.2) is 41.0 Å². The zero-order valence-electron chi connectivity index (χ0n) is 14.4. The van der Waals surface area contributed by atoms with Crippen molar-refractivity contribution in [1.29, 1.82) is 0 Å². The van der Waals surface area contributed by atoms with Crippen molar-refractivity contribution >= 4 is 33.0 Å². The Morgan fingerprint density at radius 3 is 2.81 bits per heavy atom. The maximum Gasteiger partial charge on any atom is 0.238 e. The number of hydrogen-bond donors (Lipinski definition) is 1. The molecule has 0 aliphatic carbocycles. The summed E-state index contributed by atoms with van der Waals surface area (Å²) in [5.74, 6) is 0.724. The third kappa shape index (κ3) is 4.87. The summed E-state index contributed by atoms with van der Waals surface area (Å²) in [4.78, 5) is 14.4. The molecule has 1 unspecified atom stereocenters. The minimum absolute atomic E-state index is 0.0704. The number of nitrogens with one attached hydrogen (secondary N) is 1. The van der Waals surface area contributed by atoms with Gasteiger partial charge in [0.15, 0.2) is 9.84 Å². The van der Waals surface area contributed by atoms with Crippen LogP contribution in [0.3, 0.4) is 0 Å². The van der Waals surface area contributed by atoms with E-state index >= 15 is 0 Å². The van der Waals surface area contributed by atoms with E-state index in [-0.39, 0.29) is 30.0 Å². The van der Waals surface area contributed by atoms with E-state index in [0.29, 0.717) is 29.4 Å². The van der Waals surface area contributed by atoms with Crippen LogP contribution in [0, 0.1) is 6.92 Å². The van der Waals surface area contributed by atoms with E-state index in [1.807, 2.05) is 17.9 Å². The molecule has 140 valence electrons. The van der Waals surface area contributed by atoms with Crippen LogP contribution >= 0.6 is 11.6 Å². The maximum atomic E-state index is 12.5. The second-order valence-electron chi connectivity index (χ2n) is 6.55. The standard InChI is InChI=1S/C18H21ClN2O4S/c1-13-9-14(19)4-5-17(13)20-18(22)11-21(10-16-3-2-7-25-16)15-6-8-26(23,24)12-15/h2-5,7,9,15H,6,8,10-12H2,1H3,(H,20,22). The smallest absolute Gasteiger partial charge is 0.238 e. The van der Waals surface area contributed by atoms with Crippen LogP contribution in [-0.4, -0.2) is 43.3 Å². The second-order valence-corrected chi connectivity index (χ2v) is 9.21. The molecule has 1 aromatic heterocycles. The Hall–Kier alpha value is -1.83. The van der Waals surface area contributed by atoms with Gasteiger partial charge in [-0.2, -0.15) is 0 Å². The summed E-state index contributed by atoms with van der Waals surface area (Å²) in [5.41, 5.74) is 1.56. The number of benzene rings is 1. The van der Waals surface area contributed by atoms with Crippen LogP contribution in [0.25, 0.3) is 0 Å². The van der Waals surface area contributed by atoms with Gasteiger partial charge in [0, 0.05) is 16.8 Å². The van der Waals surface area contributed by atoms with Gasteiger partial charge in [0.25, 0.3) is 0 Å². The summed E-state index contributed by atoms with van der Waals surface area (Å²) < 4.78 is 29.0. The maximum absolute atomic E-state index is 12.5. The molecule has 3 rings (SSSR count). The number of furan rings is 1. The molecule has 1 aliphatic heterocycles. The van der Waals surface area contributed by atoms with Crippen molar-refractivity contribution in [3.05, 3.63) is 52.9 Å². The Morgan fingerprint density at radius 1 is 1.38 bits per heavy atom. The van der Waals surface area contributed by atoms with Crippen LogP contribution < -0.4 is 5.32 Å². The molecule has 1 amide bonds. The number of hydrogen-bond acceptors (Lipinski definition) is 5. The molecule has 1 atom stereocenters. The van der Waals surface area contributed by atoms with Gasteiger partial charge in [-0.3, -0.25) is 9.69 Å². The van der Waals surface area contributed by atoms with Gasteiger partial charge in [0.2, 0.25) is 5.91 Å². The van der Waals surface area contributed by atoms with Crippen molar-refractivity contribution < 1.29 is 17.6 Å². The lowest BCUT2D eigenvalue weighted by molar-refractivity contribution is -0.118. The molecule has 0 radical (unpaired) electrons. The van der Waals surface area contributed by atoms with Gasteiger partial charge in [0.05, 0.1) is 30.9 Å². The number of aryl methyl sites for hydroxylation is 1. The van der Waals surface area contributed by atoms with E-state index in [0.717, 1.165) is 5.56 Å². The van der Waals surface area contributed by atoms with E-state index in [1.165, 1.54) is 0 Å². The first-order valence-corrected chi connectivity index (χ1v) is 10.6. The highest BCUT2D eigenvalue weighted by Crippen LogP contribution is 2.22. The molecule has 0 saturated carbocycles. The third-order valence-electron chi connectivity index (χ3n) is 4.47. The van der Waals surface area contributed by atoms with E-state index in [9.17, 15) is 13.2 Å². The SMILES string of the molecule is Cc1cc(Cl)ccc1NC(=O)CN(Cc1ccco1)C1CCS(=O)(=O)C1. The lowest BCUT2D eigenvalue weighted by Crippen LogP contribution is -2.41. The highest BCUT2D eigenvalue weighted by Gasteiger charge is 2.33. The minimum Gasteiger partial charge on any atom is -0.468 e. The van der Waals surface area contributed by atoms with Gasteiger partial charge in [0.1, 0.15) is 5.76 Å². The third-order valence-corrected chi connectivity index (χ3v) is 6.46. The van der Waals surface area contributed by atoms with Crippen molar-refractivity contribution in [3.8, 4) is 0 Å². The Balaban J connectivity index is 1.71. The zero-order chi connectivity index (χ0) is 18.7. The number of carbonyl (C=O) groups is 1. The van der Waals surface area contributed by atoms with Crippen LogP contribution in [0.1, 0.15) is 17.7 Å². The fraction of sp³-hybridized carbons (Fsp3) is 0.389. The largest absolute Gasteiger partial charge is 0.468 e. The molecule has 6 nitrogen and oxygen atoms in total. The van der Waals surface area contributed by atoms with E-state index in [2.05, 4.69) is 5.32 Å². The van der Waals surface area contributed by atoms with Crippen molar-refractivity contribution in [2.75, 3.05) is 23.4 Å². The Kier molecular flexibility index (Phi) is 5.70. The molecular weight excluding hydrogens is 376 g/mol. The molecule has 0 bridgehead atoms. The molecule has 2 heterocycles. The van der Waals surface area contributed by atoms with Crippen LogP contribution in [-0.2, 0) is 21.2 Å². The molecule has 2 aromatic rings. The fourth-order valence-corrected chi connectivity index (χ4v) is 5.11. The summed E-state index contributed by atoms with van der Waals surface area (Å²) in [6.07, 6.45) is 2.09. The fourth-order valence-electron chi connectivity index (χ4n) is 3.12. The average molecular weight is 397 g/mol. The number of rotatable bonds is 6. The van der Waals surface area contributed by atoms with Crippen LogP contribution in [0.2, 0.25) is 5.02 Å². The summed E-state index contributed by atoms with van der Waals surface area (Å²) in [5, 5.41) is 3.48. The molecular formula is C18H21ClN2O4S. The first-order chi connectivity index (χ1) is 12.3. The lowest BCUT2D eigenvalue weighted by atomic mass is 10.2. The molecule has 8 heteroatoms. The Bertz CT molecular complexity index is 881.